The molecule has 0 bridgehead atoms. The van der Waals surface area contributed by atoms with Crippen molar-refractivity contribution in [1.29, 1.82) is 0 Å². The van der Waals surface area contributed by atoms with Gasteiger partial charge in [-0.25, -0.2) is 9.89 Å². The highest BCUT2D eigenvalue weighted by Crippen LogP contribution is 2.31. The monoisotopic (exact) mass is 304 g/mol. The fraction of sp³-hybridized carbons (Fsp3) is 0.357. The third kappa shape index (κ3) is 2.92. The summed E-state index contributed by atoms with van der Waals surface area (Å²) in [6.45, 7) is 3.29. The number of hydrogen-bond donors (Lipinski definition) is 3. The smallest absolute Gasteiger partial charge is 0.341 e. The van der Waals surface area contributed by atoms with Gasteiger partial charge in [-0.3, -0.25) is 9.78 Å². The van der Waals surface area contributed by atoms with Crippen molar-refractivity contribution in [3.63, 3.8) is 0 Å². The van der Waals surface area contributed by atoms with Crippen molar-refractivity contribution < 1.29 is 14.3 Å². The highest BCUT2D eigenvalue weighted by Gasteiger charge is 2.33. The first-order valence-electron chi connectivity index (χ1n) is 6.87. The van der Waals surface area contributed by atoms with E-state index in [-0.39, 0.29) is 5.82 Å². The zero-order valence-electron chi connectivity index (χ0n) is 12.0. The molecule has 0 radical (unpaired) electrons. The second kappa shape index (κ2) is 5.74. The van der Waals surface area contributed by atoms with Crippen LogP contribution in [0, 0.1) is 0 Å². The first-order valence-corrected chi connectivity index (χ1v) is 6.87. The van der Waals surface area contributed by atoms with Crippen LogP contribution in [-0.4, -0.2) is 34.3 Å². The van der Waals surface area contributed by atoms with E-state index in [1.165, 1.54) is 0 Å². The van der Waals surface area contributed by atoms with E-state index in [1.54, 1.807) is 0 Å². The minimum absolute atomic E-state index is 0.0458. The third-order valence-corrected chi connectivity index (χ3v) is 3.46. The summed E-state index contributed by atoms with van der Waals surface area (Å²) in [7, 11) is 0. The van der Waals surface area contributed by atoms with Gasteiger partial charge in [0.25, 0.3) is 5.91 Å². The molecule has 8 heteroatoms. The molecule has 3 N–H and O–H groups in total. The molecule has 2 aromatic rings. The van der Waals surface area contributed by atoms with Gasteiger partial charge in [0, 0.05) is 12.1 Å². The summed E-state index contributed by atoms with van der Waals surface area (Å²) in [6, 6.07) is 7.60. The van der Waals surface area contributed by atoms with Crippen LogP contribution in [0.15, 0.2) is 29.1 Å². The molecule has 1 aromatic carbocycles. The Morgan fingerprint density at radius 3 is 2.86 bits per heavy atom. The molecule has 1 aliphatic heterocycles. The highest BCUT2D eigenvalue weighted by atomic mass is 16.7. The summed E-state index contributed by atoms with van der Waals surface area (Å²) < 4.78 is 11.2. The topological polar surface area (TPSA) is 109 Å². The lowest BCUT2D eigenvalue weighted by molar-refractivity contribution is -0.149. The maximum Gasteiger partial charge on any atom is 0.341 e. The molecule has 1 fully saturated rings. The molecule has 2 heterocycles. The molecule has 0 saturated carbocycles. The average Bonchev–Trinajstić information content (AvgIpc) is 3.15. The number of H-pyrrole nitrogens is 2. The van der Waals surface area contributed by atoms with Gasteiger partial charge in [0.2, 0.25) is 5.82 Å². The number of hydrogen-bond acceptors (Lipinski definition) is 5. The molecule has 116 valence electrons. The van der Waals surface area contributed by atoms with Crippen molar-refractivity contribution >= 4 is 5.91 Å². The molecule has 1 aromatic heterocycles. The second-order valence-electron chi connectivity index (χ2n) is 5.05. The molecule has 3 rings (SSSR count). The second-order valence-corrected chi connectivity index (χ2v) is 5.05. The van der Waals surface area contributed by atoms with E-state index in [4.69, 9.17) is 9.47 Å². The quantitative estimate of drug-likeness (QED) is 0.750. The number of carbonyl (C=O) groups is 1. The van der Waals surface area contributed by atoms with Gasteiger partial charge in [-0.15, -0.1) is 5.10 Å². The Morgan fingerprint density at radius 2 is 2.18 bits per heavy atom. The lowest BCUT2D eigenvalue weighted by Gasteiger charge is -2.23. The van der Waals surface area contributed by atoms with E-state index in [2.05, 4.69) is 20.5 Å². The fourth-order valence-corrected chi connectivity index (χ4v) is 2.29. The Balaban J connectivity index is 1.68. The number of nitrogens with zero attached hydrogens (tertiary/aromatic N) is 1. The van der Waals surface area contributed by atoms with Crippen LogP contribution < -0.4 is 11.0 Å². The van der Waals surface area contributed by atoms with Crippen LogP contribution in [0.3, 0.4) is 0 Å². The predicted octanol–water partition coefficient (Wildman–Crippen LogP) is 0.247. The number of aromatic nitrogens is 3. The number of ether oxygens (including phenoxy) is 2. The Kier molecular flexibility index (Phi) is 3.78. The Labute approximate surface area is 125 Å². The third-order valence-electron chi connectivity index (χ3n) is 3.46. The minimum atomic E-state index is -0.743. The molecule has 1 saturated heterocycles. The Hall–Kier alpha value is -2.45. The lowest BCUT2D eigenvalue weighted by atomic mass is 10.0. The molecule has 0 atom stereocenters. The van der Waals surface area contributed by atoms with E-state index in [1.807, 2.05) is 31.2 Å². The molecule has 1 aliphatic rings. The highest BCUT2D eigenvalue weighted by molar-refractivity contribution is 5.90. The van der Waals surface area contributed by atoms with Gasteiger partial charge in [0.15, 0.2) is 5.79 Å². The van der Waals surface area contributed by atoms with Gasteiger partial charge >= 0.3 is 5.69 Å². The van der Waals surface area contributed by atoms with Crippen molar-refractivity contribution in [1.82, 2.24) is 20.5 Å². The summed E-state index contributed by atoms with van der Waals surface area (Å²) >= 11 is 0. The van der Waals surface area contributed by atoms with Crippen molar-refractivity contribution in [2.45, 2.75) is 19.3 Å². The summed E-state index contributed by atoms with van der Waals surface area (Å²) in [6.07, 6.45) is 0. The molecule has 8 nitrogen and oxygen atoms in total. The molecular weight excluding hydrogens is 288 g/mol. The van der Waals surface area contributed by atoms with Crippen LogP contribution in [0.25, 0.3) is 0 Å². The van der Waals surface area contributed by atoms with E-state index in [9.17, 15) is 9.59 Å². The number of nitrogens with one attached hydrogen (secondary N) is 3. The minimum Gasteiger partial charge on any atom is -0.345 e. The zero-order chi connectivity index (χ0) is 15.6. The van der Waals surface area contributed by atoms with E-state index < -0.39 is 17.4 Å². The van der Waals surface area contributed by atoms with Crippen molar-refractivity contribution in [2.75, 3.05) is 13.2 Å². The SMILES string of the molecule is CC1(c2cccc(CNC(=O)c3n[nH]c(=O)[nH]3)c2)OCCO1. The first kappa shape index (κ1) is 14.5. The van der Waals surface area contributed by atoms with Gasteiger partial charge in [0.1, 0.15) is 0 Å². The van der Waals surface area contributed by atoms with Crippen LogP contribution >= 0.6 is 0 Å². The van der Waals surface area contributed by atoms with Crippen molar-refractivity contribution in [2.24, 2.45) is 0 Å². The summed E-state index contributed by atoms with van der Waals surface area (Å²) in [5.74, 6) is -1.24. The normalized spacial score (nSPS) is 16.6. The van der Waals surface area contributed by atoms with Gasteiger partial charge < -0.3 is 14.8 Å². The van der Waals surface area contributed by atoms with Gasteiger partial charge in [-0.05, 0) is 18.6 Å². The summed E-state index contributed by atoms with van der Waals surface area (Å²) in [5, 5.41) is 8.40. The maximum absolute atomic E-state index is 11.8. The van der Waals surface area contributed by atoms with Crippen LogP contribution in [-0.2, 0) is 21.8 Å². The Morgan fingerprint density at radius 1 is 1.41 bits per heavy atom. The van der Waals surface area contributed by atoms with Crippen molar-refractivity contribution in [3.05, 3.63) is 51.7 Å². The van der Waals surface area contributed by atoms with Crippen LogP contribution in [0.5, 0.6) is 0 Å². The van der Waals surface area contributed by atoms with Gasteiger partial charge in [0.05, 0.1) is 13.2 Å². The largest absolute Gasteiger partial charge is 0.345 e. The molecular formula is C14H16N4O4. The number of aromatic amines is 2. The van der Waals surface area contributed by atoms with Crippen molar-refractivity contribution in [3.8, 4) is 0 Å². The Bertz CT molecular complexity index is 730. The fourth-order valence-electron chi connectivity index (χ4n) is 2.29. The van der Waals surface area contributed by atoms with E-state index in [0.717, 1.165) is 11.1 Å². The molecule has 0 unspecified atom stereocenters. The molecule has 1 amide bonds. The van der Waals surface area contributed by atoms with Gasteiger partial charge in [-0.2, -0.15) is 0 Å². The van der Waals surface area contributed by atoms with Crippen LogP contribution in [0.4, 0.5) is 0 Å². The predicted molar refractivity (Wildman–Crippen MR) is 76.1 cm³/mol. The zero-order valence-corrected chi connectivity index (χ0v) is 12.0. The molecule has 0 aliphatic carbocycles. The van der Waals surface area contributed by atoms with Crippen LogP contribution in [0.1, 0.15) is 28.7 Å². The van der Waals surface area contributed by atoms with E-state index in [0.29, 0.717) is 19.8 Å². The first-order chi connectivity index (χ1) is 10.6. The number of rotatable bonds is 4. The number of amides is 1. The maximum atomic E-state index is 11.8. The molecule has 0 spiro atoms. The lowest BCUT2D eigenvalue weighted by Crippen LogP contribution is -2.25. The van der Waals surface area contributed by atoms with Crippen LogP contribution in [0.2, 0.25) is 0 Å². The standard InChI is InChI=1S/C14H16N4O4/c1-14(21-5-6-22-14)10-4-2-3-9(7-10)8-15-12(19)11-16-13(20)18-17-11/h2-4,7H,5-6,8H2,1H3,(H,15,19)(H2,16,17,18,20). The summed E-state index contributed by atoms with van der Waals surface area (Å²) in [5.41, 5.74) is 1.27. The molecule has 22 heavy (non-hydrogen) atoms. The average molecular weight is 304 g/mol. The summed E-state index contributed by atoms with van der Waals surface area (Å²) in [4.78, 5) is 25.0. The number of benzene rings is 1. The number of carbonyl (C=O) groups excluding carboxylic acids is 1. The van der Waals surface area contributed by atoms with E-state index >= 15 is 0 Å². The van der Waals surface area contributed by atoms with Gasteiger partial charge in [-0.1, -0.05) is 18.2 Å².